The minimum Gasteiger partial charge on any atom is -0.329 e. The molecule has 1 aliphatic rings. The molecule has 3 N–H and O–H groups in total. The highest BCUT2D eigenvalue weighted by atomic mass is 19.4. The average molecular weight is 273 g/mol. The topological polar surface area (TPSA) is 53.2 Å². The van der Waals surface area contributed by atoms with Crippen molar-refractivity contribution in [1.82, 2.24) is 10.6 Å². The highest BCUT2D eigenvalue weighted by Gasteiger charge is 2.27. The molecular formula is C12H14F3N3O. The van der Waals surface area contributed by atoms with E-state index in [1.54, 1.807) is 17.4 Å². The van der Waals surface area contributed by atoms with E-state index >= 15 is 0 Å². The summed E-state index contributed by atoms with van der Waals surface area (Å²) in [5.41, 5.74) is 2.58. The molecule has 0 aromatic heterocycles. The van der Waals surface area contributed by atoms with Gasteiger partial charge in [0.05, 0.1) is 0 Å². The van der Waals surface area contributed by atoms with E-state index in [4.69, 9.17) is 0 Å². The van der Waals surface area contributed by atoms with Gasteiger partial charge in [-0.3, -0.25) is 0 Å². The number of hydrogen-bond donors (Lipinski definition) is 3. The van der Waals surface area contributed by atoms with Gasteiger partial charge in [-0.1, -0.05) is 12.1 Å². The van der Waals surface area contributed by atoms with Crippen molar-refractivity contribution in [2.24, 2.45) is 0 Å². The van der Waals surface area contributed by atoms with E-state index in [-0.39, 0.29) is 0 Å². The first-order chi connectivity index (χ1) is 8.96. The van der Waals surface area contributed by atoms with Crippen LogP contribution in [0.15, 0.2) is 18.2 Å². The van der Waals surface area contributed by atoms with Gasteiger partial charge in [0.25, 0.3) is 0 Å². The third-order valence-electron chi connectivity index (χ3n) is 2.84. The number of nitrogens with one attached hydrogen (secondary N) is 3. The third kappa shape index (κ3) is 3.85. The van der Waals surface area contributed by atoms with Gasteiger partial charge >= 0.3 is 12.2 Å². The van der Waals surface area contributed by atoms with Gasteiger partial charge < -0.3 is 16.0 Å². The molecule has 1 heterocycles. The third-order valence-corrected chi connectivity index (χ3v) is 2.84. The molecule has 2 rings (SSSR count). The van der Waals surface area contributed by atoms with Crippen molar-refractivity contribution in [2.45, 2.75) is 19.1 Å². The number of carbonyl (C=O) groups excluding carboxylic acids is 1. The molecule has 2 amide bonds. The van der Waals surface area contributed by atoms with Crippen LogP contribution in [-0.4, -0.2) is 25.3 Å². The molecule has 0 atom stereocenters. The number of urea groups is 1. The molecule has 0 aliphatic carbocycles. The summed E-state index contributed by atoms with van der Waals surface area (Å²) in [6, 6.07) is 4.56. The fraction of sp³-hybridized carbons (Fsp3) is 0.417. The summed E-state index contributed by atoms with van der Waals surface area (Å²) in [7, 11) is 0. The summed E-state index contributed by atoms with van der Waals surface area (Å²) in [4.78, 5) is 11.4. The second kappa shape index (κ2) is 5.48. The fourth-order valence-electron chi connectivity index (χ4n) is 1.98. The fourth-order valence-corrected chi connectivity index (χ4v) is 1.98. The average Bonchev–Trinajstić information content (AvgIpc) is 2.36. The standard InChI is InChI=1S/C12H14F3N3O/c13-12(14,15)7-17-11(19)18-10-3-1-2-8-4-5-16-6-9(8)10/h1-3,16H,4-7H2,(H2,17,18,19). The minimum absolute atomic E-state index is 0.546. The van der Waals surface area contributed by atoms with Crippen LogP contribution in [0.25, 0.3) is 0 Å². The molecule has 0 fully saturated rings. The first-order valence-corrected chi connectivity index (χ1v) is 5.89. The van der Waals surface area contributed by atoms with E-state index in [0.29, 0.717) is 12.2 Å². The summed E-state index contributed by atoms with van der Waals surface area (Å²) < 4.78 is 35.9. The summed E-state index contributed by atoms with van der Waals surface area (Å²) in [6.07, 6.45) is -3.57. The predicted molar refractivity (Wildman–Crippen MR) is 64.9 cm³/mol. The van der Waals surface area contributed by atoms with E-state index in [2.05, 4.69) is 10.6 Å². The van der Waals surface area contributed by atoms with Crippen LogP contribution in [0.3, 0.4) is 0 Å². The minimum atomic E-state index is -4.41. The maximum Gasteiger partial charge on any atom is 0.405 e. The summed E-state index contributed by atoms with van der Waals surface area (Å²) in [5, 5.41) is 7.39. The molecule has 0 radical (unpaired) electrons. The van der Waals surface area contributed by atoms with Crippen molar-refractivity contribution >= 4 is 11.7 Å². The predicted octanol–water partition coefficient (Wildman–Crippen LogP) is 2.02. The monoisotopic (exact) mass is 273 g/mol. The van der Waals surface area contributed by atoms with Crippen molar-refractivity contribution in [1.29, 1.82) is 0 Å². The van der Waals surface area contributed by atoms with Gasteiger partial charge in [0.2, 0.25) is 0 Å². The number of fused-ring (bicyclic) bond motifs is 1. The lowest BCUT2D eigenvalue weighted by Crippen LogP contribution is -2.37. The zero-order chi connectivity index (χ0) is 13.9. The van der Waals surface area contributed by atoms with Crippen LogP contribution in [0.5, 0.6) is 0 Å². The Morgan fingerprint density at radius 2 is 2.16 bits per heavy atom. The van der Waals surface area contributed by atoms with Crippen LogP contribution in [0.1, 0.15) is 11.1 Å². The molecule has 7 heteroatoms. The number of rotatable bonds is 2. The Kier molecular flexibility index (Phi) is 3.94. The molecule has 1 aliphatic heterocycles. The van der Waals surface area contributed by atoms with Crippen LogP contribution in [0.4, 0.5) is 23.7 Å². The molecule has 0 saturated heterocycles. The summed E-state index contributed by atoms with van der Waals surface area (Å²) in [6.45, 7) is 0.119. The number of alkyl halides is 3. The van der Waals surface area contributed by atoms with Gasteiger partial charge in [-0.15, -0.1) is 0 Å². The second-order valence-electron chi connectivity index (χ2n) is 4.29. The molecule has 0 saturated carbocycles. The van der Waals surface area contributed by atoms with Gasteiger partial charge in [-0.2, -0.15) is 13.2 Å². The van der Waals surface area contributed by atoms with Crippen LogP contribution < -0.4 is 16.0 Å². The number of halogens is 3. The first kappa shape index (κ1) is 13.7. The molecule has 0 spiro atoms. The number of benzene rings is 1. The summed E-state index contributed by atoms with van der Waals surface area (Å²) in [5.74, 6) is 0. The number of amides is 2. The van der Waals surface area contributed by atoms with Crippen LogP contribution >= 0.6 is 0 Å². The lowest BCUT2D eigenvalue weighted by molar-refractivity contribution is -0.122. The van der Waals surface area contributed by atoms with Crippen LogP contribution in [0.2, 0.25) is 0 Å². The Balaban J connectivity index is 2.01. The van der Waals surface area contributed by atoms with Crippen molar-refractivity contribution in [3.8, 4) is 0 Å². The molecule has 19 heavy (non-hydrogen) atoms. The molecule has 0 unspecified atom stereocenters. The molecule has 4 nitrogen and oxygen atoms in total. The normalized spacial score (nSPS) is 14.7. The first-order valence-electron chi connectivity index (χ1n) is 5.89. The second-order valence-corrected chi connectivity index (χ2v) is 4.29. The Hall–Kier alpha value is -1.76. The van der Waals surface area contributed by atoms with Crippen molar-refractivity contribution < 1.29 is 18.0 Å². The maximum absolute atomic E-state index is 12.0. The molecular weight excluding hydrogens is 259 g/mol. The smallest absolute Gasteiger partial charge is 0.329 e. The van der Waals surface area contributed by atoms with Gasteiger partial charge in [-0.05, 0) is 30.2 Å². The lowest BCUT2D eigenvalue weighted by Gasteiger charge is -2.20. The maximum atomic E-state index is 12.0. The Bertz CT molecular complexity index is 474. The lowest BCUT2D eigenvalue weighted by atomic mass is 9.99. The quantitative estimate of drug-likeness (QED) is 0.772. The van der Waals surface area contributed by atoms with E-state index in [9.17, 15) is 18.0 Å². The number of carbonyl (C=O) groups is 1. The van der Waals surface area contributed by atoms with Gasteiger partial charge in [0.15, 0.2) is 0 Å². The van der Waals surface area contributed by atoms with E-state index in [1.807, 2.05) is 6.07 Å². The molecule has 1 aromatic rings. The Morgan fingerprint density at radius 1 is 1.37 bits per heavy atom. The van der Waals surface area contributed by atoms with Crippen molar-refractivity contribution in [3.63, 3.8) is 0 Å². The Labute approximate surface area is 108 Å². The highest BCUT2D eigenvalue weighted by Crippen LogP contribution is 2.22. The van der Waals surface area contributed by atoms with Gasteiger partial charge in [-0.25, -0.2) is 4.79 Å². The zero-order valence-electron chi connectivity index (χ0n) is 10.1. The van der Waals surface area contributed by atoms with Crippen LogP contribution in [-0.2, 0) is 13.0 Å². The van der Waals surface area contributed by atoms with Crippen LogP contribution in [0, 0.1) is 0 Å². The van der Waals surface area contributed by atoms with E-state index in [1.165, 1.54) is 0 Å². The molecule has 1 aromatic carbocycles. The van der Waals surface area contributed by atoms with Crippen molar-refractivity contribution in [2.75, 3.05) is 18.4 Å². The SMILES string of the molecule is O=C(NCC(F)(F)F)Nc1cccc2c1CNCC2. The van der Waals surface area contributed by atoms with E-state index in [0.717, 1.165) is 24.1 Å². The highest BCUT2D eigenvalue weighted by molar-refractivity contribution is 5.90. The summed E-state index contributed by atoms with van der Waals surface area (Å²) >= 11 is 0. The zero-order valence-corrected chi connectivity index (χ0v) is 10.1. The number of anilines is 1. The van der Waals surface area contributed by atoms with E-state index < -0.39 is 18.8 Å². The molecule has 104 valence electrons. The van der Waals surface area contributed by atoms with Crippen molar-refractivity contribution in [3.05, 3.63) is 29.3 Å². The Morgan fingerprint density at radius 3 is 2.89 bits per heavy atom. The largest absolute Gasteiger partial charge is 0.405 e. The van der Waals surface area contributed by atoms with Gasteiger partial charge in [0, 0.05) is 12.2 Å². The number of hydrogen-bond acceptors (Lipinski definition) is 2. The van der Waals surface area contributed by atoms with Gasteiger partial charge in [0.1, 0.15) is 6.54 Å². The molecule has 0 bridgehead atoms.